The molecule has 0 bridgehead atoms. The summed E-state index contributed by atoms with van der Waals surface area (Å²) < 4.78 is 47.9. The summed E-state index contributed by atoms with van der Waals surface area (Å²) >= 11 is 0. The van der Waals surface area contributed by atoms with E-state index in [2.05, 4.69) is 5.09 Å². The van der Waals surface area contributed by atoms with Gasteiger partial charge in [0.05, 0.1) is 0 Å². The molecule has 5 nitrogen and oxygen atoms in total. The van der Waals surface area contributed by atoms with Gasteiger partial charge in [-0.3, -0.25) is 4.79 Å². The first-order chi connectivity index (χ1) is 11.5. The minimum atomic E-state index is -2.58. The Morgan fingerprint density at radius 3 is 2.58 bits per heavy atom. The number of ether oxygens (including phenoxy) is 1. The Balaban J connectivity index is 1.83. The molecule has 0 fully saturated rings. The standard InChI is InChI=1S/C16H15F2NO4P/c1-11(16(20)22-10-12-5-3-2-4-6-12)19-24(21)23-15-8-7-13(17)9-14(15)18/h2-9,11H,10H2,1H3,(H,19,21)/q+1/t11-/m0/s1. The molecule has 0 radical (unpaired) electrons. The highest BCUT2D eigenvalue weighted by molar-refractivity contribution is 7.37. The summed E-state index contributed by atoms with van der Waals surface area (Å²) in [6.07, 6.45) is 0. The minimum absolute atomic E-state index is 0.0793. The number of carbonyl (C=O) groups is 1. The van der Waals surface area contributed by atoms with Crippen molar-refractivity contribution in [1.29, 1.82) is 0 Å². The van der Waals surface area contributed by atoms with Crippen LogP contribution in [0.2, 0.25) is 0 Å². The Hall–Kier alpha value is -2.37. The van der Waals surface area contributed by atoms with E-state index in [-0.39, 0.29) is 12.4 Å². The second-order valence-electron chi connectivity index (χ2n) is 4.87. The van der Waals surface area contributed by atoms with Crippen molar-refractivity contribution in [3.05, 3.63) is 65.7 Å². The smallest absolute Gasteiger partial charge is 0.460 e. The number of nitrogens with one attached hydrogen (secondary N) is 1. The van der Waals surface area contributed by atoms with E-state index in [0.29, 0.717) is 6.07 Å². The van der Waals surface area contributed by atoms with Gasteiger partial charge in [-0.05, 0) is 24.6 Å². The summed E-state index contributed by atoms with van der Waals surface area (Å²) in [5.41, 5.74) is 0.812. The summed E-state index contributed by atoms with van der Waals surface area (Å²) in [6, 6.07) is 10.7. The van der Waals surface area contributed by atoms with Crippen LogP contribution in [0.25, 0.3) is 0 Å². The molecule has 0 saturated heterocycles. The van der Waals surface area contributed by atoms with Crippen molar-refractivity contribution < 1.29 is 27.4 Å². The molecule has 0 spiro atoms. The molecule has 24 heavy (non-hydrogen) atoms. The van der Waals surface area contributed by atoms with Crippen LogP contribution in [0, 0.1) is 11.6 Å². The quantitative estimate of drug-likeness (QED) is 0.606. The van der Waals surface area contributed by atoms with Gasteiger partial charge in [-0.25, -0.2) is 13.3 Å². The summed E-state index contributed by atoms with van der Waals surface area (Å²) in [5, 5.41) is 2.36. The van der Waals surface area contributed by atoms with Gasteiger partial charge < -0.3 is 4.74 Å². The normalized spacial score (nSPS) is 12.4. The van der Waals surface area contributed by atoms with E-state index < -0.39 is 31.8 Å². The molecule has 0 saturated carbocycles. The highest BCUT2D eigenvalue weighted by Gasteiger charge is 2.29. The summed E-state index contributed by atoms with van der Waals surface area (Å²) in [4.78, 5) is 11.8. The number of rotatable bonds is 7. The Morgan fingerprint density at radius 2 is 1.92 bits per heavy atom. The van der Waals surface area contributed by atoms with E-state index in [1.54, 1.807) is 12.1 Å². The van der Waals surface area contributed by atoms with Gasteiger partial charge in [-0.1, -0.05) is 35.4 Å². The van der Waals surface area contributed by atoms with Crippen LogP contribution in [0.3, 0.4) is 0 Å². The largest absolute Gasteiger partial charge is 0.664 e. The lowest BCUT2D eigenvalue weighted by Gasteiger charge is -2.07. The molecule has 2 atom stereocenters. The highest BCUT2D eigenvalue weighted by atomic mass is 31.1. The van der Waals surface area contributed by atoms with Crippen LogP contribution in [0.1, 0.15) is 12.5 Å². The molecule has 2 aromatic rings. The molecule has 0 heterocycles. The average molecular weight is 354 g/mol. The van der Waals surface area contributed by atoms with Crippen molar-refractivity contribution in [3.63, 3.8) is 0 Å². The third kappa shape index (κ3) is 5.37. The summed E-state index contributed by atoms with van der Waals surface area (Å²) in [6.45, 7) is 1.51. The van der Waals surface area contributed by atoms with Crippen LogP contribution in [-0.2, 0) is 20.7 Å². The Labute approximate surface area is 138 Å². The van der Waals surface area contributed by atoms with Crippen molar-refractivity contribution in [2.45, 2.75) is 19.6 Å². The third-order valence-corrected chi connectivity index (χ3v) is 3.91. The Morgan fingerprint density at radius 1 is 1.21 bits per heavy atom. The number of hydrogen-bond acceptors (Lipinski definition) is 4. The molecular weight excluding hydrogens is 339 g/mol. The zero-order valence-electron chi connectivity index (χ0n) is 12.7. The second kappa shape index (κ2) is 8.47. The van der Waals surface area contributed by atoms with Crippen LogP contribution < -0.4 is 9.61 Å². The Kier molecular flexibility index (Phi) is 6.35. The van der Waals surface area contributed by atoms with Gasteiger partial charge in [0.25, 0.3) is 0 Å². The zero-order chi connectivity index (χ0) is 17.5. The van der Waals surface area contributed by atoms with E-state index in [4.69, 9.17) is 9.26 Å². The summed E-state index contributed by atoms with van der Waals surface area (Å²) in [5.74, 6) is -2.78. The number of esters is 1. The highest BCUT2D eigenvalue weighted by Crippen LogP contribution is 2.27. The van der Waals surface area contributed by atoms with E-state index in [9.17, 15) is 18.1 Å². The fraction of sp³-hybridized carbons (Fsp3) is 0.188. The monoisotopic (exact) mass is 354 g/mol. The lowest BCUT2D eigenvalue weighted by Crippen LogP contribution is -2.31. The molecule has 126 valence electrons. The van der Waals surface area contributed by atoms with Gasteiger partial charge in [0.2, 0.25) is 5.75 Å². The fourth-order valence-corrected chi connectivity index (χ4v) is 2.53. The molecule has 8 heteroatoms. The van der Waals surface area contributed by atoms with E-state index in [1.165, 1.54) is 6.92 Å². The first kappa shape index (κ1) is 18.0. The predicted octanol–water partition coefficient (Wildman–Crippen LogP) is 3.72. The molecule has 2 aromatic carbocycles. The maximum Gasteiger partial charge on any atom is 0.664 e. The van der Waals surface area contributed by atoms with Crippen LogP contribution in [0.4, 0.5) is 8.78 Å². The fourth-order valence-electron chi connectivity index (χ4n) is 1.73. The zero-order valence-corrected chi connectivity index (χ0v) is 13.6. The first-order valence-corrected chi connectivity index (χ1v) is 8.20. The van der Waals surface area contributed by atoms with E-state index in [1.807, 2.05) is 18.2 Å². The number of hydrogen-bond donors (Lipinski definition) is 1. The lowest BCUT2D eigenvalue weighted by atomic mass is 10.2. The number of halogens is 2. The van der Waals surface area contributed by atoms with Crippen molar-refractivity contribution in [2.24, 2.45) is 0 Å². The molecule has 0 aliphatic heterocycles. The maximum atomic E-state index is 13.4. The van der Waals surface area contributed by atoms with E-state index >= 15 is 0 Å². The van der Waals surface area contributed by atoms with Gasteiger partial charge in [0.15, 0.2) is 5.82 Å². The van der Waals surface area contributed by atoms with Crippen LogP contribution in [0.15, 0.2) is 48.5 Å². The average Bonchev–Trinajstić information content (AvgIpc) is 2.56. The first-order valence-electron chi connectivity index (χ1n) is 7.02. The lowest BCUT2D eigenvalue weighted by molar-refractivity contribution is -0.146. The Bertz CT molecular complexity index is 727. The molecule has 1 N–H and O–H groups in total. The topological polar surface area (TPSA) is 64.6 Å². The van der Waals surface area contributed by atoms with Gasteiger partial charge in [0.1, 0.15) is 18.5 Å². The van der Waals surface area contributed by atoms with Gasteiger partial charge in [0, 0.05) is 10.6 Å². The molecule has 0 amide bonds. The summed E-state index contributed by atoms with van der Waals surface area (Å²) in [7, 11) is -2.58. The molecule has 0 aliphatic rings. The van der Waals surface area contributed by atoms with Crippen LogP contribution in [0.5, 0.6) is 5.75 Å². The minimum Gasteiger partial charge on any atom is -0.460 e. The van der Waals surface area contributed by atoms with Crippen molar-refractivity contribution in [3.8, 4) is 5.75 Å². The molecule has 1 unspecified atom stereocenters. The van der Waals surface area contributed by atoms with Crippen LogP contribution in [-0.4, -0.2) is 12.0 Å². The second-order valence-corrected chi connectivity index (χ2v) is 5.82. The van der Waals surface area contributed by atoms with Gasteiger partial charge in [-0.15, -0.1) is 0 Å². The van der Waals surface area contributed by atoms with Gasteiger partial charge in [-0.2, -0.15) is 0 Å². The van der Waals surface area contributed by atoms with Crippen molar-refractivity contribution in [2.75, 3.05) is 0 Å². The third-order valence-electron chi connectivity index (χ3n) is 2.95. The molecule has 0 aromatic heterocycles. The van der Waals surface area contributed by atoms with Crippen LogP contribution >= 0.6 is 8.18 Å². The van der Waals surface area contributed by atoms with Crippen molar-refractivity contribution in [1.82, 2.24) is 5.09 Å². The van der Waals surface area contributed by atoms with Gasteiger partial charge >= 0.3 is 14.1 Å². The molecular formula is C16H15F2NO4P+. The number of carbonyl (C=O) groups excluding carboxylic acids is 1. The maximum absolute atomic E-state index is 13.4. The van der Waals surface area contributed by atoms with E-state index in [0.717, 1.165) is 17.7 Å². The number of benzene rings is 2. The van der Waals surface area contributed by atoms with Crippen molar-refractivity contribution >= 4 is 14.1 Å². The predicted molar refractivity (Wildman–Crippen MR) is 83.4 cm³/mol. The molecule has 0 aliphatic carbocycles. The molecule has 2 rings (SSSR count). The SMILES string of the molecule is C[C@H](N[P+](=O)Oc1ccc(F)cc1F)C(=O)OCc1ccccc1.